The zero-order valence-corrected chi connectivity index (χ0v) is 23.0. The van der Waals surface area contributed by atoms with E-state index in [0.29, 0.717) is 25.4 Å². The summed E-state index contributed by atoms with van der Waals surface area (Å²) in [6.07, 6.45) is 3.05. The number of halogens is 1. The van der Waals surface area contributed by atoms with Crippen LogP contribution in [0.4, 0.5) is 14.9 Å². The molecule has 1 aromatic carbocycles. The molecule has 0 fully saturated rings. The van der Waals surface area contributed by atoms with Gasteiger partial charge in [-0.15, -0.1) is 11.3 Å². The van der Waals surface area contributed by atoms with Crippen LogP contribution in [0.25, 0.3) is 20.9 Å². The Kier molecular flexibility index (Phi) is 8.17. The van der Waals surface area contributed by atoms with Gasteiger partial charge in [0.2, 0.25) is 0 Å². The van der Waals surface area contributed by atoms with Crippen molar-refractivity contribution in [3.63, 3.8) is 0 Å². The smallest absolute Gasteiger partial charge is 0.410 e. The number of aromatic nitrogens is 3. The fraction of sp³-hybridized carbons (Fsp3) is 0.370. The second-order valence-corrected chi connectivity index (χ2v) is 10.9. The maximum absolute atomic E-state index is 14.2. The zero-order chi connectivity index (χ0) is 27.4. The normalized spacial score (nSPS) is 11.6. The van der Waals surface area contributed by atoms with E-state index in [2.05, 4.69) is 9.97 Å². The van der Waals surface area contributed by atoms with Crippen LogP contribution in [0.1, 0.15) is 32.0 Å². The maximum atomic E-state index is 14.2. The van der Waals surface area contributed by atoms with Crippen LogP contribution in [0, 0.1) is 5.82 Å². The van der Waals surface area contributed by atoms with E-state index in [1.807, 2.05) is 44.5 Å². The van der Waals surface area contributed by atoms with Gasteiger partial charge < -0.3 is 29.4 Å². The monoisotopic (exact) mass is 541 g/mol. The van der Waals surface area contributed by atoms with Crippen LogP contribution >= 0.6 is 11.3 Å². The van der Waals surface area contributed by atoms with E-state index >= 15 is 0 Å². The Morgan fingerprint density at radius 2 is 2.00 bits per heavy atom. The molecule has 4 aromatic rings. The van der Waals surface area contributed by atoms with Gasteiger partial charge in [0.25, 0.3) is 0 Å². The van der Waals surface area contributed by atoms with Crippen molar-refractivity contribution in [1.82, 2.24) is 19.4 Å². The zero-order valence-electron chi connectivity index (χ0n) is 22.2. The number of anilines is 1. The van der Waals surface area contributed by atoms with Crippen LogP contribution < -0.4 is 10.5 Å². The predicted molar refractivity (Wildman–Crippen MR) is 145 cm³/mol. The van der Waals surface area contributed by atoms with E-state index in [-0.39, 0.29) is 12.4 Å². The summed E-state index contributed by atoms with van der Waals surface area (Å²) in [4.78, 5) is 24.4. The summed E-state index contributed by atoms with van der Waals surface area (Å²) in [6.45, 7) is 6.77. The molecule has 3 heterocycles. The highest BCUT2D eigenvalue weighted by Gasteiger charge is 2.24. The number of imidazole rings is 1. The summed E-state index contributed by atoms with van der Waals surface area (Å²) < 4.78 is 33.5. The first-order chi connectivity index (χ1) is 18.1. The van der Waals surface area contributed by atoms with Crippen molar-refractivity contribution >= 4 is 33.3 Å². The highest BCUT2D eigenvalue weighted by molar-refractivity contribution is 7.22. The third-order valence-corrected chi connectivity index (χ3v) is 6.90. The number of hydrogen-bond donors (Lipinski definition) is 1. The molecule has 0 aliphatic heterocycles. The number of thiophene rings is 1. The molecule has 2 N–H and O–H groups in total. The number of ether oxygens (including phenoxy) is 3. The standard InChI is InChI=1S/C27H32FN5O4S/c1-27(2,3)37-26(34)33(10-11-35-5)15-19-14-31-25(32(19)4)23-13-21-24(38-23)17(8-9-30-21)16-36-22-7-6-18(29)12-20(22)28/h6-9,12-14H,10-11,15-16,29H2,1-5H3. The summed E-state index contributed by atoms with van der Waals surface area (Å²) >= 11 is 1.53. The molecule has 0 bridgehead atoms. The number of rotatable bonds is 9. The van der Waals surface area contributed by atoms with Crippen molar-refractivity contribution in [2.75, 3.05) is 26.0 Å². The number of benzene rings is 1. The Hall–Kier alpha value is -3.70. The fourth-order valence-corrected chi connectivity index (χ4v) is 4.93. The topological polar surface area (TPSA) is 105 Å². The molecule has 0 spiro atoms. The number of nitrogens with zero attached hydrogens (tertiary/aromatic N) is 4. The second-order valence-electron chi connectivity index (χ2n) is 9.80. The molecule has 3 aromatic heterocycles. The van der Waals surface area contributed by atoms with Crippen molar-refractivity contribution in [2.45, 2.75) is 39.5 Å². The van der Waals surface area contributed by atoms with Gasteiger partial charge in [0.15, 0.2) is 11.6 Å². The largest absolute Gasteiger partial charge is 0.486 e. The van der Waals surface area contributed by atoms with E-state index in [0.717, 1.165) is 32.2 Å². The lowest BCUT2D eigenvalue weighted by Gasteiger charge is -2.27. The van der Waals surface area contributed by atoms with E-state index in [1.54, 1.807) is 30.5 Å². The molecule has 0 saturated carbocycles. The first kappa shape index (κ1) is 27.3. The van der Waals surface area contributed by atoms with Crippen molar-refractivity contribution < 1.29 is 23.4 Å². The van der Waals surface area contributed by atoms with E-state index in [4.69, 9.17) is 19.9 Å². The van der Waals surface area contributed by atoms with Crippen molar-refractivity contribution in [3.8, 4) is 16.5 Å². The van der Waals surface area contributed by atoms with Gasteiger partial charge in [0.1, 0.15) is 18.0 Å². The van der Waals surface area contributed by atoms with Gasteiger partial charge in [-0.2, -0.15) is 0 Å². The highest BCUT2D eigenvalue weighted by Crippen LogP contribution is 2.35. The van der Waals surface area contributed by atoms with Gasteiger partial charge in [-0.1, -0.05) is 0 Å². The highest BCUT2D eigenvalue weighted by atomic mass is 32.1. The molecule has 0 radical (unpaired) electrons. The van der Waals surface area contributed by atoms with Crippen molar-refractivity contribution in [1.29, 1.82) is 0 Å². The Bertz CT molecular complexity index is 1430. The van der Waals surface area contributed by atoms with Gasteiger partial charge in [-0.3, -0.25) is 4.98 Å². The Morgan fingerprint density at radius 3 is 2.71 bits per heavy atom. The number of fused-ring (bicyclic) bond motifs is 1. The molecule has 4 rings (SSSR count). The summed E-state index contributed by atoms with van der Waals surface area (Å²) in [5.41, 5.74) is 7.88. The number of hydrogen-bond acceptors (Lipinski definition) is 8. The lowest BCUT2D eigenvalue weighted by molar-refractivity contribution is 0.0180. The average Bonchev–Trinajstić information content (AvgIpc) is 3.43. The van der Waals surface area contributed by atoms with Crippen LogP contribution in [0.15, 0.2) is 42.7 Å². The molecule has 0 aliphatic rings. The maximum Gasteiger partial charge on any atom is 0.410 e. The molecule has 11 heteroatoms. The average molecular weight is 542 g/mol. The summed E-state index contributed by atoms with van der Waals surface area (Å²) in [5.74, 6) is 0.377. The molecular weight excluding hydrogens is 509 g/mol. The fourth-order valence-electron chi connectivity index (χ4n) is 3.78. The molecule has 0 aliphatic carbocycles. The molecule has 0 unspecified atom stereocenters. The van der Waals surface area contributed by atoms with E-state index < -0.39 is 17.5 Å². The summed E-state index contributed by atoms with van der Waals surface area (Å²) in [5, 5.41) is 0. The second kappa shape index (κ2) is 11.4. The third-order valence-electron chi connectivity index (χ3n) is 5.71. The van der Waals surface area contributed by atoms with Crippen LogP contribution in [-0.4, -0.2) is 51.4 Å². The summed E-state index contributed by atoms with van der Waals surface area (Å²) in [7, 11) is 3.50. The van der Waals surface area contributed by atoms with E-state index in [1.165, 1.54) is 23.5 Å². The van der Waals surface area contributed by atoms with Gasteiger partial charge in [0.05, 0.1) is 40.1 Å². The predicted octanol–water partition coefficient (Wildman–Crippen LogP) is 5.38. The molecule has 9 nitrogen and oxygen atoms in total. The number of nitrogen functional groups attached to an aromatic ring is 1. The van der Waals surface area contributed by atoms with Crippen LogP contribution in [0.5, 0.6) is 5.75 Å². The first-order valence-electron chi connectivity index (χ1n) is 12.1. The van der Waals surface area contributed by atoms with Crippen molar-refractivity contribution in [3.05, 3.63) is 59.8 Å². The lowest BCUT2D eigenvalue weighted by atomic mass is 10.2. The number of pyridine rings is 1. The Balaban J connectivity index is 1.56. The summed E-state index contributed by atoms with van der Waals surface area (Å²) in [6, 6.07) is 8.18. The third kappa shape index (κ3) is 6.40. The van der Waals surface area contributed by atoms with Gasteiger partial charge in [-0.25, -0.2) is 14.2 Å². The van der Waals surface area contributed by atoms with Crippen LogP contribution in [-0.2, 0) is 29.7 Å². The van der Waals surface area contributed by atoms with Crippen LogP contribution in [0.2, 0.25) is 0 Å². The molecular formula is C27H32FN5O4S. The Morgan fingerprint density at radius 1 is 1.21 bits per heavy atom. The number of carbonyl (C=O) groups excluding carboxylic acids is 1. The number of methoxy groups -OCH3 is 1. The van der Waals surface area contributed by atoms with Gasteiger partial charge in [0, 0.05) is 44.2 Å². The van der Waals surface area contributed by atoms with Gasteiger partial charge >= 0.3 is 6.09 Å². The van der Waals surface area contributed by atoms with Gasteiger partial charge in [-0.05, 0) is 45.0 Å². The van der Waals surface area contributed by atoms with Crippen LogP contribution in [0.3, 0.4) is 0 Å². The lowest BCUT2D eigenvalue weighted by Crippen LogP contribution is -2.38. The Labute approximate surface area is 225 Å². The molecule has 0 saturated heterocycles. The number of carbonyl (C=O) groups is 1. The molecule has 202 valence electrons. The molecule has 1 amide bonds. The first-order valence-corrected chi connectivity index (χ1v) is 12.9. The van der Waals surface area contributed by atoms with Crippen molar-refractivity contribution in [2.24, 2.45) is 7.05 Å². The molecule has 0 atom stereocenters. The SMILES string of the molecule is COCCN(Cc1cnc(-c2cc3nccc(COc4ccc(N)cc4F)c3s2)n1C)C(=O)OC(C)(C)C. The quantitative estimate of drug-likeness (QED) is 0.284. The molecule has 38 heavy (non-hydrogen) atoms. The minimum absolute atomic E-state index is 0.137. The minimum Gasteiger partial charge on any atom is -0.486 e. The van der Waals surface area contributed by atoms with E-state index in [9.17, 15) is 9.18 Å². The number of amides is 1. The number of nitrogens with two attached hydrogens (primary N) is 1. The minimum atomic E-state index is -0.606.